The first-order valence-electron chi connectivity index (χ1n) is 8.60. The summed E-state index contributed by atoms with van der Waals surface area (Å²) in [5.74, 6) is -2.92. The average Bonchev–Trinajstić information content (AvgIpc) is 2.55. The molecule has 1 rings (SSSR count). The molecule has 27 heavy (non-hydrogen) atoms. The van der Waals surface area contributed by atoms with Crippen LogP contribution in [-0.4, -0.2) is 65.0 Å². The molecule has 1 fully saturated rings. The third-order valence-electron chi connectivity index (χ3n) is 4.11. The van der Waals surface area contributed by atoms with Gasteiger partial charge < -0.3 is 24.6 Å². The monoisotopic (exact) mass is 405 g/mol. The summed E-state index contributed by atoms with van der Waals surface area (Å²) in [6.07, 6.45) is -1.46. The Labute approximate surface area is 162 Å². The highest BCUT2D eigenvalue weighted by atomic mass is 32.2. The van der Waals surface area contributed by atoms with Crippen LogP contribution < -0.4 is 5.32 Å². The molecule has 0 spiro atoms. The Balaban J connectivity index is 3.02. The molecule has 154 valence electrons. The summed E-state index contributed by atoms with van der Waals surface area (Å²) in [4.78, 5) is 45.4. The van der Waals surface area contributed by atoms with Gasteiger partial charge in [-0.2, -0.15) is 0 Å². The lowest BCUT2D eigenvalue weighted by molar-refractivity contribution is -0.187. The number of aliphatic carboxylic acids is 1. The number of hydrogen-bond donors (Lipinski definition) is 2. The molecule has 1 amide bonds. The van der Waals surface area contributed by atoms with E-state index in [1.807, 2.05) is 0 Å². The van der Waals surface area contributed by atoms with E-state index in [1.165, 1.54) is 32.5 Å². The van der Waals surface area contributed by atoms with Crippen molar-refractivity contribution in [1.82, 2.24) is 5.32 Å². The molecule has 6 atom stereocenters. The number of carbonyl (C=O) groups is 4. The molecule has 9 nitrogen and oxygen atoms in total. The fraction of sp³-hybridized carbons (Fsp3) is 0.765. The molecule has 0 aromatic heterocycles. The predicted octanol–water partition coefficient (Wildman–Crippen LogP) is 0.801. The van der Waals surface area contributed by atoms with Crippen LogP contribution in [0.2, 0.25) is 0 Å². The molecular formula is C17H27NO8S. The second kappa shape index (κ2) is 10.5. The molecule has 2 unspecified atom stereocenters. The zero-order chi connectivity index (χ0) is 20.7. The Morgan fingerprint density at radius 1 is 1.19 bits per heavy atom. The summed E-state index contributed by atoms with van der Waals surface area (Å²) in [6.45, 7) is 7.14. The van der Waals surface area contributed by atoms with Gasteiger partial charge in [0, 0.05) is 32.4 Å². The first-order chi connectivity index (χ1) is 12.5. The minimum atomic E-state index is -0.934. The molecule has 0 aromatic rings. The van der Waals surface area contributed by atoms with E-state index in [9.17, 15) is 19.2 Å². The van der Waals surface area contributed by atoms with Crippen molar-refractivity contribution in [2.24, 2.45) is 11.8 Å². The van der Waals surface area contributed by atoms with E-state index in [-0.39, 0.29) is 24.2 Å². The fourth-order valence-corrected chi connectivity index (χ4v) is 4.09. The number of carboxylic acid groups (broad SMARTS) is 1. The highest BCUT2D eigenvalue weighted by Gasteiger charge is 2.46. The van der Waals surface area contributed by atoms with Crippen LogP contribution in [0.1, 0.15) is 34.6 Å². The summed E-state index contributed by atoms with van der Waals surface area (Å²) < 4.78 is 16.4. The van der Waals surface area contributed by atoms with Gasteiger partial charge in [-0.25, -0.2) is 0 Å². The standard InChI is InChI=1S/C17H27NO8S/c1-8(16(22)23)7-27-17-14(18-10(3)19)9(2)15(25-12(5)21)13(26-17)6-24-11(4)20/h8-9,13-15,17H,6-7H2,1-5H3,(H,18,19)(H,22,23)/t8-,9+,13?,14?,15+,17-/m0/s1. The van der Waals surface area contributed by atoms with E-state index in [1.54, 1.807) is 13.8 Å². The fourth-order valence-electron chi connectivity index (χ4n) is 2.72. The van der Waals surface area contributed by atoms with Crippen LogP contribution >= 0.6 is 11.8 Å². The number of amides is 1. The topological polar surface area (TPSA) is 128 Å². The molecule has 2 N–H and O–H groups in total. The van der Waals surface area contributed by atoms with Crippen LogP contribution in [0, 0.1) is 11.8 Å². The maximum absolute atomic E-state index is 11.6. The van der Waals surface area contributed by atoms with Crippen LogP contribution in [0.15, 0.2) is 0 Å². The van der Waals surface area contributed by atoms with Crippen molar-refractivity contribution in [3.63, 3.8) is 0 Å². The van der Waals surface area contributed by atoms with Crippen molar-refractivity contribution < 1.29 is 38.5 Å². The van der Waals surface area contributed by atoms with E-state index in [2.05, 4.69) is 5.32 Å². The largest absolute Gasteiger partial charge is 0.481 e. The minimum Gasteiger partial charge on any atom is -0.481 e. The third kappa shape index (κ3) is 7.37. The lowest BCUT2D eigenvalue weighted by Crippen LogP contribution is -2.60. The number of hydrogen-bond acceptors (Lipinski definition) is 8. The van der Waals surface area contributed by atoms with Gasteiger partial charge in [0.2, 0.25) is 5.91 Å². The Hall–Kier alpha value is -1.81. The van der Waals surface area contributed by atoms with E-state index in [4.69, 9.17) is 19.3 Å². The number of thioether (sulfide) groups is 1. The zero-order valence-electron chi connectivity index (χ0n) is 16.1. The van der Waals surface area contributed by atoms with Gasteiger partial charge in [-0.1, -0.05) is 13.8 Å². The molecule has 0 radical (unpaired) electrons. The summed E-state index contributed by atoms with van der Waals surface area (Å²) in [5, 5.41) is 11.9. The van der Waals surface area contributed by atoms with Crippen LogP contribution in [0.25, 0.3) is 0 Å². The Kier molecular flexibility index (Phi) is 9.04. The maximum atomic E-state index is 11.6. The second-order valence-corrected chi connectivity index (χ2v) is 7.71. The summed E-state index contributed by atoms with van der Waals surface area (Å²) >= 11 is 1.25. The minimum absolute atomic E-state index is 0.115. The summed E-state index contributed by atoms with van der Waals surface area (Å²) in [7, 11) is 0. The van der Waals surface area contributed by atoms with Crippen molar-refractivity contribution in [2.45, 2.75) is 58.3 Å². The number of ether oxygens (including phenoxy) is 3. The molecule has 1 aliphatic rings. The molecule has 10 heteroatoms. The number of carbonyl (C=O) groups excluding carboxylic acids is 3. The maximum Gasteiger partial charge on any atom is 0.307 e. The molecule has 1 aliphatic heterocycles. The molecule has 0 bridgehead atoms. The van der Waals surface area contributed by atoms with Gasteiger partial charge in [-0.3, -0.25) is 19.2 Å². The van der Waals surface area contributed by atoms with Crippen molar-refractivity contribution in [3.05, 3.63) is 0 Å². The van der Waals surface area contributed by atoms with Gasteiger partial charge in [0.25, 0.3) is 0 Å². The Morgan fingerprint density at radius 3 is 2.30 bits per heavy atom. The van der Waals surface area contributed by atoms with Gasteiger partial charge in [0.1, 0.15) is 24.3 Å². The van der Waals surface area contributed by atoms with Gasteiger partial charge in [0.15, 0.2) is 0 Å². The molecule has 0 aromatic carbocycles. The van der Waals surface area contributed by atoms with Crippen LogP contribution in [0.5, 0.6) is 0 Å². The van der Waals surface area contributed by atoms with E-state index < -0.39 is 47.5 Å². The highest BCUT2D eigenvalue weighted by molar-refractivity contribution is 7.99. The summed E-state index contributed by atoms with van der Waals surface area (Å²) in [5.41, 5.74) is -0.585. The molecule has 0 saturated carbocycles. The average molecular weight is 405 g/mol. The van der Waals surface area contributed by atoms with E-state index in [0.717, 1.165) is 0 Å². The first kappa shape index (κ1) is 23.2. The second-order valence-electron chi connectivity index (χ2n) is 6.58. The molecular weight excluding hydrogens is 378 g/mol. The predicted molar refractivity (Wildman–Crippen MR) is 96.9 cm³/mol. The molecule has 1 heterocycles. The van der Waals surface area contributed by atoms with Crippen molar-refractivity contribution >= 4 is 35.6 Å². The van der Waals surface area contributed by atoms with Crippen molar-refractivity contribution in [2.75, 3.05) is 12.4 Å². The number of nitrogens with one attached hydrogen (secondary N) is 1. The van der Waals surface area contributed by atoms with E-state index in [0.29, 0.717) is 0 Å². The van der Waals surface area contributed by atoms with Gasteiger partial charge in [0.05, 0.1) is 12.0 Å². The number of esters is 2. The highest BCUT2D eigenvalue weighted by Crippen LogP contribution is 2.34. The lowest BCUT2D eigenvalue weighted by Gasteiger charge is -2.45. The normalized spacial score (nSPS) is 28.7. The van der Waals surface area contributed by atoms with Gasteiger partial charge >= 0.3 is 17.9 Å². The van der Waals surface area contributed by atoms with Gasteiger partial charge in [-0.05, 0) is 0 Å². The Bertz CT molecular complexity index is 567. The molecule has 0 aliphatic carbocycles. The first-order valence-corrected chi connectivity index (χ1v) is 9.65. The van der Waals surface area contributed by atoms with E-state index >= 15 is 0 Å². The Morgan fingerprint density at radius 2 is 1.81 bits per heavy atom. The van der Waals surface area contributed by atoms with Crippen LogP contribution in [0.4, 0.5) is 0 Å². The smallest absolute Gasteiger partial charge is 0.307 e. The SMILES string of the molecule is CC(=O)NC1[C@@H](C)[C@@H](OC(C)=O)C(COC(C)=O)O[C@H]1SC[C@H](C)C(=O)O. The quantitative estimate of drug-likeness (QED) is 0.563. The molecule has 1 saturated heterocycles. The number of carboxylic acids is 1. The lowest BCUT2D eigenvalue weighted by atomic mass is 9.89. The van der Waals surface area contributed by atoms with Crippen LogP contribution in [0.3, 0.4) is 0 Å². The zero-order valence-corrected chi connectivity index (χ0v) is 16.9. The number of rotatable bonds is 8. The van der Waals surface area contributed by atoms with Gasteiger partial charge in [-0.15, -0.1) is 11.8 Å². The summed E-state index contributed by atoms with van der Waals surface area (Å²) in [6, 6.07) is -0.508. The van der Waals surface area contributed by atoms with Crippen molar-refractivity contribution in [1.29, 1.82) is 0 Å². The van der Waals surface area contributed by atoms with Crippen molar-refractivity contribution in [3.8, 4) is 0 Å². The third-order valence-corrected chi connectivity index (χ3v) is 5.53. The van der Waals surface area contributed by atoms with Crippen LogP contribution in [-0.2, 0) is 33.4 Å².